The van der Waals surface area contributed by atoms with E-state index < -0.39 is 0 Å². The highest BCUT2D eigenvalue weighted by atomic mass is 32.1. The van der Waals surface area contributed by atoms with Crippen molar-refractivity contribution in [2.75, 3.05) is 5.73 Å². The third-order valence-electron chi connectivity index (χ3n) is 2.80. The van der Waals surface area contributed by atoms with Crippen LogP contribution in [0.2, 0.25) is 0 Å². The van der Waals surface area contributed by atoms with Crippen molar-refractivity contribution >= 4 is 17.0 Å². The summed E-state index contributed by atoms with van der Waals surface area (Å²) >= 11 is 1.50. The summed E-state index contributed by atoms with van der Waals surface area (Å²) in [6, 6.07) is 10.1. The monoisotopic (exact) mass is 271 g/mol. The molecule has 96 valence electrons. The number of hydrogen-bond donors (Lipinski definition) is 1. The van der Waals surface area contributed by atoms with Gasteiger partial charge in [-0.05, 0) is 23.9 Å². The van der Waals surface area contributed by atoms with Gasteiger partial charge >= 0.3 is 0 Å². The Morgan fingerprint density at radius 2 is 2.21 bits per heavy atom. The van der Waals surface area contributed by atoms with Gasteiger partial charge in [0.25, 0.3) is 5.89 Å². The molecule has 3 rings (SSSR count). The van der Waals surface area contributed by atoms with Gasteiger partial charge in [0.05, 0.1) is 5.69 Å². The van der Waals surface area contributed by atoms with Crippen molar-refractivity contribution in [3.05, 3.63) is 52.7 Å². The van der Waals surface area contributed by atoms with Gasteiger partial charge < -0.3 is 10.3 Å². The predicted molar refractivity (Wildman–Crippen MR) is 76.0 cm³/mol. The van der Waals surface area contributed by atoms with Crippen LogP contribution < -0.4 is 5.73 Å². The van der Waals surface area contributed by atoms with E-state index in [0.29, 0.717) is 23.8 Å². The summed E-state index contributed by atoms with van der Waals surface area (Å²) in [6.07, 6.45) is 0.663. The van der Waals surface area contributed by atoms with Crippen LogP contribution in [0.3, 0.4) is 0 Å². The molecule has 0 amide bonds. The lowest BCUT2D eigenvalue weighted by Crippen LogP contribution is -1.91. The van der Waals surface area contributed by atoms with E-state index in [1.165, 1.54) is 22.5 Å². The summed E-state index contributed by atoms with van der Waals surface area (Å²) in [6.45, 7) is 2.07. The standard InChI is InChI=1S/C14H13N3OS/c1-9-3-2-4-10(7-9)8-12-16-14(18-17-12)13-11(15)5-6-19-13/h2-7H,8,15H2,1H3. The molecule has 0 atom stereocenters. The molecule has 0 saturated carbocycles. The van der Waals surface area contributed by atoms with Crippen LogP contribution in [-0.2, 0) is 6.42 Å². The third kappa shape index (κ3) is 2.51. The molecule has 0 radical (unpaired) electrons. The lowest BCUT2D eigenvalue weighted by molar-refractivity contribution is 0.425. The molecule has 2 aromatic heterocycles. The second kappa shape index (κ2) is 4.85. The SMILES string of the molecule is Cc1cccc(Cc2noc(-c3sccc3N)n2)c1. The van der Waals surface area contributed by atoms with Crippen LogP contribution in [0.15, 0.2) is 40.2 Å². The Bertz CT molecular complexity index is 702. The minimum atomic E-state index is 0.496. The molecule has 5 heteroatoms. The highest BCUT2D eigenvalue weighted by Crippen LogP contribution is 2.30. The molecule has 0 saturated heterocycles. The number of benzene rings is 1. The first kappa shape index (κ1) is 11.9. The largest absolute Gasteiger partial charge is 0.397 e. The molecule has 19 heavy (non-hydrogen) atoms. The average molecular weight is 271 g/mol. The van der Waals surface area contributed by atoms with Crippen molar-refractivity contribution in [2.45, 2.75) is 13.3 Å². The average Bonchev–Trinajstić information content (AvgIpc) is 2.98. The first-order valence-corrected chi connectivity index (χ1v) is 6.82. The molecule has 0 unspecified atom stereocenters. The Kier molecular flexibility index (Phi) is 3.05. The van der Waals surface area contributed by atoms with Gasteiger partial charge in [0.1, 0.15) is 4.88 Å². The van der Waals surface area contributed by atoms with Crippen molar-refractivity contribution in [1.29, 1.82) is 0 Å². The van der Waals surface area contributed by atoms with Gasteiger partial charge in [-0.2, -0.15) is 4.98 Å². The normalized spacial score (nSPS) is 10.8. The second-order valence-electron chi connectivity index (χ2n) is 4.39. The highest BCUT2D eigenvalue weighted by Gasteiger charge is 2.13. The first-order chi connectivity index (χ1) is 9.22. The predicted octanol–water partition coefficient (Wildman–Crippen LogP) is 3.28. The Labute approximate surface area is 114 Å². The maximum atomic E-state index is 5.84. The Morgan fingerprint density at radius 3 is 2.95 bits per heavy atom. The minimum Gasteiger partial charge on any atom is -0.397 e. The summed E-state index contributed by atoms with van der Waals surface area (Å²) < 4.78 is 5.26. The van der Waals surface area contributed by atoms with Gasteiger partial charge in [0.15, 0.2) is 5.82 Å². The fraction of sp³-hybridized carbons (Fsp3) is 0.143. The van der Waals surface area contributed by atoms with Gasteiger partial charge in [-0.3, -0.25) is 0 Å². The van der Waals surface area contributed by atoms with Crippen LogP contribution in [0.1, 0.15) is 17.0 Å². The van der Waals surface area contributed by atoms with Crippen LogP contribution in [-0.4, -0.2) is 10.1 Å². The molecule has 0 aliphatic rings. The van der Waals surface area contributed by atoms with E-state index in [1.54, 1.807) is 0 Å². The Morgan fingerprint density at radius 1 is 1.32 bits per heavy atom. The zero-order valence-corrected chi connectivity index (χ0v) is 11.3. The second-order valence-corrected chi connectivity index (χ2v) is 5.30. The van der Waals surface area contributed by atoms with E-state index in [4.69, 9.17) is 10.3 Å². The molecule has 1 aromatic carbocycles. The van der Waals surface area contributed by atoms with Crippen LogP contribution in [0.4, 0.5) is 5.69 Å². The lowest BCUT2D eigenvalue weighted by Gasteiger charge is -1.97. The van der Waals surface area contributed by atoms with E-state index in [-0.39, 0.29) is 0 Å². The third-order valence-corrected chi connectivity index (χ3v) is 3.72. The number of rotatable bonds is 3. The van der Waals surface area contributed by atoms with Gasteiger partial charge in [0.2, 0.25) is 0 Å². The van der Waals surface area contributed by atoms with E-state index in [2.05, 4.69) is 35.3 Å². The highest BCUT2D eigenvalue weighted by molar-refractivity contribution is 7.14. The molecule has 2 N–H and O–H groups in total. The van der Waals surface area contributed by atoms with Crippen molar-refractivity contribution in [1.82, 2.24) is 10.1 Å². The number of aryl methyl sites for hydroxylation is 1. The van der Waals surface area contributed by atoms with Gasteiger partial charge in [-0.1, -0.05) is 35.0 Å². The molecule has 0 aliphatic heterocycles. The van der Waals surface area contributed by atoms with Crippen molar-refractivity contribution in [2.24, 2.45) is 0 Å². The van der Waals surface area contributed by atoms with E-state index in [0.717, 1.165) is 4.88 Å². The number of nitrogens with two attached hydrogens (primary N) is 1. The maximum Gasteiger partial charge on any atom is 0.270 e. The topological polar surface area (TPSA) is 64.9 Å². The fourth-order valence-corrected chi connectivity index (χ4v) is 2.65. The number of hydrogen-bond acceptors (Lipinski definition) is 5. The van der Waals surface area contributed by atoms with Crippen LogP contribution in [0.25, 0.3) is 10.8 Å². The van der Waals surface area contributed by atoms with Crippen molar-refractivity contribution in [3.63, 3.8) is 0 Å². The van der Waals surface area contributed by atoms with Gasteiger partial charge in [-0.25, -0.2) is 0 Å². The smallest absolute Gasteiger partial charge is 0.270 e. The maximum absolute atomic E-state index is 5.84. The minimum absolute atomic E-state index is 0.496. The zero-order valence-electron chi connectivity index (χ0n) is 10.5. The number of aromatic nitrogens is 2. The first-order valence-electron chi connectivity index (χ1n) is 5.94. The summed E-state index contributed by atoms with van der Waals surface area (Å²) in [7, 11) is 0. The van der Waals surface area contributed by atoms with E-state index >= 15 is 0 Å². The van der Waals surface area contributed by atoms with Crippen LogP contribution >= 0.6 is 11.3 Å². The molecule has 0 aliphatic carbocycles. The lowest BCUT2D eigenvalue weighted by atomic mass is 10.1. The summed E-state index contributed by atoms with van der Waals surface area (Å²) in [5, 5.41) is 5.92. The fourth-order valence-electron chi connectivity index (χ4n) is 1.92. The molecule has 0 bridgehead atoms. The molecular weight excluding hydrogens is 258 g/mol. The number of nitrogen functional groups attached to an aromatic ring is 1. The molecule has 0 spiro atoms. The Balaban J connectivity index is 1.84. The van der Waals surface area contributed by atoms with Gasteiger partial charge in [0, 0.05) is 6.42 Å². The molecule has 4 nitrogen and oxygen atoms in total. The van der Waals surface area contributed by atoms with E-state index in [1.807, 2.05) is 17.5 Å². The van der Waals surface area contributed by atoms with Crippen LogP contribution in [0.5, 0.6) is 0 Å². The van der Waals surface area contributed by atoms with Crippen molar-refractivity contribution in [3.8, 4) is 10.8 Å². The summed E-state index contributed by atoms with van der Waals surface area (Å²) in [5.41, 5.74) is 8.91. The number of anilines is 1. The molecular formula is C14H13N3OS. The number of nitrogens with zero attached hydrogens (tertiary/aromatic N) is 2. The zero-order chi connectivity index (χ0) is 13.2. The summed E-state index contributed by atoms with van der Waals surface area (Å²) in [4.78, 5) is 5.23. The Hall–Kier alpha value is -2.14. The van der Waals surface area contributed by atoms with Crippen molar-refractivity contribution < 1.29 is 4.52 Å². The molecule has 0 fully saturated rings. The van der Waals surface area contributed by atoms with E-state index in [9.17, 15) is 0 Å². The molecule has 2 heterocycles. The molecule has 3 aromatic rings. The number of thiophene rings is 1. The van der Waals surface area contributed by atoms with Gasteiger partial charge in [-0.15, -0.1) is 11.3 Å². The quantitative estimate of drug-likeness (QED) is 0.794. The summed E-state index contributed by atoms with van der Waals surface area (Å²) in [5.74, 6) is 1.17. The van der Waals surface area contributed by atoms with Crippen LogP contribution in [0, 0.1) is 6.92 Å².